The molecule has 142 valence electrons. The smallest absolute Gasteiger partial charge is 0.340 e. The van der Waals surface area contributed by atoms with E-state index in [1.807, 2.05) is 0 Å². The molecule has 2 aromatic rings. The zero-order valence-corrected chi connectivity index (χ0v) is 15.6. The first kappa shape index (κ1) is 20.4. The number of halogens is 1. The minimum Gasteiger partial charge on any atom is -0.452 e. The molecule has 0 fully saturated rings. The number of carbonyl (C=O) groups is 3. The van der Waals surface area contributed by atoms with Crippen molar-refractivity contribution in [3.63, 3.8) is 0 Å². The number of hydrogen-bond acceptors (Lipinski definition) is 6. The molecule has 2 amide bonds. The molecule has 0 saturated heterocycles. The van der Waals surface area contributed by atoms with Crippen LogP contribution in [0, 0.1) is 0 Å². The molecule has 0 atom stereocenters. The highest BCUT2D eigenvalue weighted by molar-refractivity contribution is 7.90. The van der Waals surface area contributed by atoms with E-state index in [0.717, 1.165) is 12.3 Å². The lowest BCUT2D eigenvalue weighted by atomic mass is 10.2. The standard InChI is InChI=1S/C17H15ClN2O6S/c1-27(24,25)12-6-7-14(18)13(8-12)17(23)26-9-15(21)20-11-4-2-10(3-5-11)16(19)22/h2-8H,9H2,1H3,(H2,19,22)(H,20,21). The van der Waals surface area contributed by atoms with Crippen LogP contribution in [-0.4, -0.2) is 39.1 Å². The van der Waals surface area contributed by atoms with Crippen molar-refractivity contribution >= 4 is 44.9 Å². The monoisotopic (exact) mass is 410 g/mol. The lowest BCUT2D eigenvalue weighted by molar-refractivity contribution is -0.119. The normalized spacial score (nSPS) is 10.9. The van der Waals surface area contributed by atoms with Gasteiger partial charge in [0, 0.05) is 17.5 Å². The summed E-state index contributed by atoms with van der Waals surface area (Å²) in [5.41, 5.74) is 5.60. The lowest BCUT2D eigenvalue weighted by Crippen LogP contribution is -2.21. The molecule has 0 radical (unpaired) electrons. The van der Waals surface area contributed by atoms with E-state index in [4.69, 9.17) is 22.1 Å². The topological polar surface area (TPSA) is 133 Å². The van der Waals surface area contributed by atoms with E-state index in [9.17, 15) is 22.8 Å². The summed E-state index contributed by atoms with van der Waals surface area (Å²) in [5.74, 6) is -2.18. The summed E-state index contributed by atoms with van der Waals surface area (Å²) < 4.78 is 28.0. The number of benzene rings is 2. The van der Waals surface area contributed by atoms with E-state index in [1.165, 1.54) is 36.4 Å². The van der Waals surface area contributed by atoms with E-state index < -0.39 is 34.2 Å². The number of anilines is 1. The summed E-state index contributed by atoms with van der Waals surface area (Å²) in [7, 11) is -3.54. The van der Waals surface area contributed by atoms with E-state index in [1.54, 1.807) is 0 Å². The number of hydrogen-bond donors (Lipinski definition) is 2. The SMILES string of the molecule is CS(=O)(=O)c1ccc(Cl)c(C(=O)OCC(=O)Nc2ccc(C(N)=O)cc2)c1. The van der Waals surface area contributed by atoms with Crippen LogP contribution in [0.2, 0.25) is 5.02 Å². The molecule has 27 heavy (non-hydrogen) atoms. The fourth-order valence-corrected chi connectivity index (χ4v) is 2.86. The van der Waals surface area contributed by atoms with Gasteiger partial charge in [0.2, 0.25) is 5.91 Å². The minimum atomic E-state index is -3.54. The maximum absolute atomic E-state index is 12.1. The van der Waals surface area contributed by atoms with Crippen LogP contribution in [0.1, 0.15) is 20.7 Å². The summed E-state index contributed by atoms with van der Waals surface area (Å²) in [6, 6.07) is 9.39. The third kappa shape index (κ3) is 5.53. The molecule has 10 heteroatoms. The predicted octanol–water partition coefficient (Wildman–Crippen LogP) is 1.64. The van der Waals surface area contributed by atoms with Gasteiger partial charge < -0.3 is 15.8 Å². The van der Waals surface area contributed by atoms with Crippen molar-refractivity contribution in [3.05, 3.63) is 58.6 Å². The third-order valence-electron chi connectivity index (χ3n) is 3.37. The number of sulfone groups is 1. The van der Waals surface area contributed by atoms with Crippen LogP contribution in [0.15, 0.2) is 47.4 Å². The number of esters is 1. The highest BCUT2D eigenvalue weighted by Crippen LogP contribution is 2.21. The van der Waals surface area contributed by atoms with Gasteiger partial charge in [-0.1, -0.05) is 11.6 Å². The average Bonchev–Trinajstić information content (AvgIpc) is 2.59. The van der Waals surface area contributed by atoms with Crippen molar-refractivity contribution in [3.8, 4) is 0 Å². The van der Waals surface area contributed by atoms with Crippen LogP contribution in [0.3, 0.4) is 0 Å². The molecule has 0 spiro atoms. The fourth-order valence-electron chi connectivity index (χ4n) is 2.02. The number of amides is 2. The van der Waals surface area contributed by atoms with Gasteiger partial charge in [0.15, 0.2) is 16.4 Å². The Labute approximate surface area is 160 Å². The molecular weight excluding hydrogens is 396 g/mol. The molecule has 0 aliphatic heterocycles. The van der Waals surface area contributed by atoms with Gasteiger partial charge in [0.25, 0.3) is 5.91 Å². The fraction of sp³-hybridized carbons (Fsp3) is 0.118. The Morgan fingerprint density at radius 2 is 1.74 bits per heavy atom. The second-order valence-corrected chi connectivity index (χ2v) is 7.90. The molecule has 0 saturated carbocycles. The molecule has 0 aromatic heterocycles. The maximum atomic E-state index is 12.1. The zero-order valence-electron chi connectivity index (χ0n) is 14.1. The second-order valence-electron chi connectivity index (χ2n) is 5.48. The second kappa shape index (κ2) is 8.19. The number of primary amides is 1. The summed E-state index contributed by atoms with van der Waals surface area (Å²) in [4.78, 5) is 34.8. The first-order chi connectivity index (χ1) is 12.6. The Bertz CT molecular complexity index is 1000. The highest BCUT2D eigenvalue weighted by Gasteiger charge is 2.17. The molecule has 0 aliphatic carbocycles. The van der Waals surface area contributed by atoms with Crippen molar-refractivity contribution in [1.29, 1.82) is 0 Å². The Hall–Kier alpha value is -2.91. The Morgan fingerprint density at radius 1 is 1.11 bits per heavy atom. The number of nitrogens with one attached hydrogen (secondary N) is 1. The average molecular weight is 411 g/mol. The molecule has 0 heterocycles. The summed E-state index contributed by atoms with van der Waals surface area (Å²) in [6.45, 7) is -0.615. The quantitative estimate of drug-likeness (QED) is 0.695. The molecule has 2 aromatic carbocycles. The number of nitrogens with two attached hydrogens (primary N) is 1. The number of ether oxygens (including phenoxy) is 1. The largest absolute Gasteiger partial charge is 0.452 e. The molecule has 0 unspecified atom stereocenters. The third-order valence-corrected chi connectivity index (χ3v) is 4.81. The first-order valence-corrected chi connectivity index (χ1v) is 9.71. The molecule has 0 aliphatic rings. The molecule has 2 rings (SSSR count). The molecule has 8 nitrogen and oxygen atoms in total. The van der Waals surface area contributed by atoms with Crippen LogP contribution >= 0.6 is 11.6 Å². The minimum absolute atomic E-state index is 0.00477. The maximum Gasteiger partial charge on any atom is 0.340 e. The van der Waals surface area contributed by atoms with Gasteiger partial charge in [-0.15, -0.1) is 0 Å². The van der Waals surface area contributed by atoms with Crippen LogP contribution < -0.4 is 11.1 Å². The van der Waals surface area contributed by atoms with Crippen LogP contribution in [0.25, 0.3) is 0 Å². The van der Waals surface area contributed by atoms with Crippen molar-refractivity contribution < 1.29 is 27.5 Å². The zero-order chi connectivity index (χ0) is 20.2. The Morgan fingerprint density at radius 3 is 2.30 bits per heavy atom. The van der Waals surface area contributed by atoms with Crippen LogP contribution in [0.4, 0.5) is 5.69 Å². The van der Waals surface area contributed by atoms with Gasteiger partial charge in [-0.3, -0.25) is 9.59 Å². The van der Waals surface area contributed by atoms with E-state index >= 15 is 0 Å². The Balaban J connectivity index is 2.01. The Kier molecular flexibility index (Phi) is 6.19. The van der Waals surface area contributed by atoms with Gasteiger partial charge in [-0.2, -0.15) is 0 Å². The van der Waals surface area contributed by atoms with Gasteiger partial charge in [0.05, 0.1) is 15.5 Å². The van der Waals surface area contributed by atoms with Crippen molar-refractivity contribution in [1.82, 2.24) is 0 Å². The highest BCUT2D eigenvalue weighted by atomic mass is 35.5. The van der Waals surface area contributed by atoms with Crippen LogP contribution in [-0.2, 0) is 19.4 Å². The molecule has 0 bridgehead atoms. The van der Waals surface area contributed by atoms with Crippen molar-refractivity contribution in [2.75, 3.05) is 18.2 Å². The van der Waals surface area contributed by atoms with Crippen molar-refractivity contribution in [2.45, 2.75) is 4.90 Å². The van der Waals surface area contributed by atoms with Gasteiger partial charge in [0.1, 0.15) is 0 Å². The lowest BCUT2D eigenvalue weighted by Gasteiger charge is -2.09. The van der Waals surface area contributed by atoms with Crippen LogP contribution in [0.5, 0.6) is 0 Å². The first-order valence-electron chi connectivity index (χ1n) is 7.44. The van der Waals surface area contributed by atoms with Gasteiger partial charge >= 0.3 is 5.97 Å². The van der Waals surface area contributed by atoms with Gasteiger partial charge in [-0.05, 0) is 42.5 Å². The summed E-state index contributed by atoms with van der Waals surface area (Å²) in [6.07, 6.45) is 0.988. The molecule has 3 N–H and O–H groups in total. The van der Waals surface area contributed by atoms with Crippen molar-refractivity contribution in [2.24, 2.45) is 5.73 Å². The summed E-state index contributed by atoms with van der Waals surface area (Å²) in [5, 5.41) is 2.46. The van der Waals surface area contributed by atoms with Gasteiger partial charge in [-0.25, -0.2) is 13.2 Å². The van der Waals surface area contributed by atoms with E-state index in [-0.39, 0.29) is 21.0 Å². The van der Waals surface area contributed by atoms with E-state index in [0.29, 0.717) is 5.69 Å². The summed E-state index contributed by atoms with van der Waals surface area (Å²) >= 11 is 5.89. The van der Waals surface area contributed by atoms with E-state index in [2.05, 4.69) is 5.32 Å². The number of rotatable bonds is 6. The molecular formula is C17H15ClN2O6S. The number of carbonyl (C=O) groups excluding carboxylic acids is 3. The predicted molar refractivity (Wildman–Crippen MR) is 98.4 cm³/mol.